The molecule has 0 nitrogen and oxygen atoms in total. The van der Waals surface area contributed by atoms with E-state index in [2.05, 4.69) is 243 Å². The van der Waals surface area contributed by atoms with Crippen molar-refractivity contribution < 1.29 is 0 Å². The molecular weight excluding hydrogens is 831 g/mol. The maximum absolute atomic E-state index is 2.55. The average Bonchev–Trinajstić information content (AvgIpc) is 3.91. The van der Waals surface area contributed by atoms with Gasteiger partial charge in [-0.1, -0.05) is 233 Å². The van der Waals surface area contributed by atoms with Crippen LogP contribution in [-0.2, 0) is 0 Å². The number of rotatable bonds is 5. The van der Waals surface area contributed by atoms with Crippen molar-refractivity contribution in [3.63, 3.8) is 0 Å². The van der Waals surface area contributed by atoms with Crippen molar-refractivity contribution in [2.75, 3.05) is 0 Å². The lowest BCUT2D eigenvalue weighted by Gasteiger charge is -2.20. The molecule has 0 bridgehead atoms. The Morgan fingerprint density at radius 3 is 1.05 bits per heavy atom. The molecule has 0 aliphatic rings. The first-order valence-corrected chi connectivity index (χ1v) is 25.5. The summed E-state index contributed by atoms with van der Waals surface area (Å²) in [5.41, 5.74) is 7.70. The number of hydrogen-bond donors (Lipinski definition) is 0. The molecule has 0 saturated heterocycles. The van der Waals surface area contributed by atoms with E-state index in [0.717, 1.165) is 0 Å². The Labute approximate surface area is 384 Å². The lowest BCUT2D eigenvalue weighted by atomic mass is 9.82. The van der Waals surface area contributed by atoms with Gasteiger partial charge < -0.3 is 0 Å². The SMILES string of the molecule is c1ccc(-p2c3ccccc3c3c(-c4cccc5c(-c6c7ccccc7cc7ccccc67)c6cccc(-c7cccc8c7c7ccccc7p8-c7ccccc7)c6cc45)cccc32)cc1. The Morgan fingerprint density at radius 2 is 0.561 bits per heavy atom. The Morgan fingerprint density at radius 1 is 0.212 bits per heavy atom. The molecule has 14 aromatic rings. The molecule has 0 spiro atoms. The van der Waals surface area contributed by atoms with Crippen LogP contribution in [0.15, 0.2) is 243 Å². The summed E-state index contributed by atoms with van der Waals surface area (Å²) in [6, 6.07) is 91.8. The van der Waals surface area contributed by atoms with Crippen LogP contribution >= 0.6 is 15.1 Å². The quantitative estimate of drug-likeness (QED) is 0.151. The van der Waals surface area contributed by atoms with E-state index < -0.39 is 15.1 Å². The van der Waals surface area contributed by atoms with Gasteiger partial charge in [-0.25, -0.2) is 0 Å². The van der Waals surface area contributed by atoms with Crippen LogP contribution in [0.1, 0.15) is 0 Å². The fraction of sp³-hybridized carbons (Fsp3) is 0. The van der Waals surface area contributed by atoms with E-state index in [1.54, 1.807) is 0 Å². The zero-order chi connectivity index (χ0) is 43.3. The van der Waals surface area contributed by atoms with Crippen molar-refractivity contribution in [1.29, 1.82) is 0 Å². The summed E-state index contributed by atoms with van der Waals surface area (Å²) in [4.78, 5) is 0. The molecule has 0 fully saturated rings. The molecule has 0 aliphatic carbocycles. The maximum Gasteiger partial charge on any atom is 0.00745 e. The molecular formula is C64H40P2. The third-order valence-corrected chi connectivity index (χ3v) is 19.1. The molecule has 14 rings (SSSR count). The second-order valence-electron chi connectivity index (χ2n) is 17.5. The molecule has 0 radical (unpaired) electrons. The fourth-order valence-corrected chi connectivity index (χ4v) is 16.7. The van der Waals surface area contributed by atoms with E-state index in [4.69, 9.17) is 0 Å². The maximum atomic E-state index is 2.55. The van der Waals surface area contributed by atoms with Gasteiger partial charge in [0.25, 0.3) is 0 Å². The van der Waals surface area contributed by atoms with Crippen LogP contribution in [0.5, 0.6) is 0 Å². The Bertz CT molecular complexity index is 4000. The fourth-order valence-electron chi connectivity index (χ4n) is 11.4. The smallest absolute Gasteiger partial charge is 0.00745 e. The van der Waals surface area contributed by atoms with Gasteiger partial charge in [0.2, 0.25) is 0 Å². The molecule has 0 saturated carbocycles. The number of benzene rings is 12. The third-order valence-electron chi connectivity index (χ3n) is 14.1. The molecule has 0 aliphatic heterocycles. The summed E-state index contributed by atoms with van der Waals surface area (Å²) in [6.45, 7) is 0. The van der Waals surface area contributed by atoms with Crippen LogP contribution in [0, 0.1) is 0 Å². The van der Waals surface area contributed by atoms with Crippen molar-refractivity contribution in [2.45, 2.75) is 0 Å². The Kier molecular flexibility index (Phi) is 8.51. The summed E-state index contributed by atoms with van der Waals surface area (Å²) in [6.07, 6.45) is 0. The van der Waals surface area contributed by atoms with E-state index in [0.29, 0.717) is 0 Å². The highest BCUT2D eigenvalue weighted by atomic mass is 31.1. The zero-order valence-electron chi connectivity index (χ0n) is 36.0. The van der Waals surface area contributed by atoms with E-state index in [1.807, 2.05) is 0 Å². The summed E-state index contributed by atoms with van der Waals surface area (Å²) < 4.78 is 0. The molecule has 2 aromatic heterocycles. The van der Waals surface area contributed by atoms with Crippen molar-refractivity contribution in [2.24, 2.45) is 0 Å². The highest BCUT2D eigenvalue weighted by Crippen LogP contribution is 2.59. The molecule has 306 valence electrons. The highest BCUT2D eigenvalue weighted by molar-refractivity contribution is 7.68. The zero-order valence-corrected chi connectivity index (χ0v) is 37.8. The van der Waals surface area contributed by atoms with Crippen molar-refractivity contribution in [1.82, 2.24) is 0 Å². The molecule has 2 unspecified atom stereocenters. The van der Waals surface area contributed by atoms with Gasteiger partial charge >= 0.3 is 0 Å². The van der Waals surface area contributed by atoms with Crippen LogP contribution in [0.4, 0.5) is 0 Å². The second kappa shape index (κ2) is 14.9. The minimum absolute atomic E-state index is 0.711. The van der Waals surface area contributed by atoms with Gasteiger partial charge in [0.1, 0.15) is 0 Å². The molecule has 0 N–H and O–H groups in total. The molecule has 2 heterocycles. The van der Waals surface area contributed by atoms with Crippen LogP contribution < -0.4 is 0 Å². The number of fused-ring (bicyclic) bond motifs is 10. The summed E-state index contributed by atoms with van der Waals surface area (Å²) in [5, 5.41) is 24.1. The number of hydrogen-bond acceptors (Lipinski definition) is 0. The standard InChI is InChI=1S/C64H40P2/c1-3-21-43(22-4-1)65-57-35-13-11-27-53(57)61-49(33-17-37-59(61)65)47-29-15-31-51-55(47)40-56-48(50-34-18-38-60-62(50)54-28-12-14-36-58(54)66(60)44-23-5-2-6-24-44)30-16-32-52(56)64(51)63-45-25-9-7-19-41(45)39-42-20-8-10-26-46(42)63/h1-40H. The normalized spacial score (nSPS) is 12.5. The third kappa shape index (κ3) is 5.53. The van der Waals surface area contributed by atoms with Gasteiger partial charge in [-0.3, -0.25) is 0 Å². The minimum atomic E-state index is -0.711. The summed E-state index contributed by atoms with van der Waals surface area (Å²) >= 11 is 0. The predicted octanol–water partition coefficient (Wildman–Crippen LogP) is 19.9. The summed E-state index contributed by atoms with van der Waals surface area (Å²) in [5.74, 6) is 0. The Balaban J connectivity index is 1.16. The van der Waals surface area contributed by atoms with Crippen molar-refractivity contribution in [3.05, 3.63) is 243 Å². The van der Waals surface area contributed by atoms with Gasteiger partial charge in [-0.15, -0.1) is 0 Å². The highest BCUT2D eigenvalue weighted by Gasteiger charge is 2.24. The molecule has 2 atom stereocenters. The van der Waals surface area contributed by atoms with Crippen LogP contribution in [0.3, 0.4) is 0 Å². The van der Waals surface area contributed by atoms with Gasteiger partial charge in [0.05, 0.1) is 0 Å². The first-order chi connectivity index (χ1) is 32.8. The van der Waals surface area contributed by atoms with Crippen molar-refractivity contribution >= 4 is 100 Å². The predicted molar refractivity (Wildman–Crippen MR) is 291 cm³/mol. The molecule has 12 aromatic carbocycles. The first kappa shape index (κ1) is 37.6. The second-order valence-corrected chi connectivity index (χ2v) is 21.8. The monoisotopic (exact) mass is 870 g/mol. The van der Waals surface area contributed by atoms with E-state index in [-0.39, 0.29) is 0 Å². The molecule has 0 amide bonds. The lowest BCUT2D eigenvalue weighted by Crippen LogP contribution is -1.93. The van der Waals surface area contributed by atoms with Crippen LogP contribution in [0.2, 0.25) is 0 Å². The molecule has 66 heavy (non-hydrogen) atoms. The minimum Gasteiger partial charge on any atom is -0.0772 e. The lowest BCUT2D eigenvalue weighted by molar-refractivity contribution is 1.69. The summed E-state index contributed by atoms with van der Waals surface area (Å²) in [7, 11) is -1.42. The van der Waals surface area contributed by atoms with Crippen molar-refractivity contribution in [3.8, 4) is 44.0 Å². The van der Waals surface area contributed by atoms with E-state index in [9.17, 15) is 0 Å². The van der Waals surface area contributed by atoms with Gasteiger partial charge in [-0.05, 0) is 122 Å². The van der Waals surface area contributed by atoms with Gasteiger partial charge in [0, 0.05) is 31.2 Å². The molecule has 2 heteroatoms. The Hall–Kier alpha value is -7.72. The van der Waals surface area contributed by atoms with E-state index >= 15 is 0 Å². The van der Waals surface area contributed by atoms with Crippen LogP contribution in [-0.4, -0.2) is 0 Å². The van der Waals surface area contributed by atoms with Gasteiger partial charge in [0.15, 0.2) is 0 Å². The first-order valence-electron chi connectivity index (χ1n) is 22.9. The topological polar surface area (TPSA) is 0 Å². The van der Waals surface area contributed by atoms with Crippen LogP contribution in [0.25, 0.3) is 129 Å². The van der Waals surface area contributed by atoms with E-state index in [1.165, 1.54) is 129 Å². The largest absolute Gasteiger partial charge is 0.0772 e. The average molecular weight is 871 g/mol. The van der Waals surface area contributed by atoms with Gasteiger partial charge in [-0.2, -0.15) is 0 Å².